The van der Waals surface area contributed by atoms with E-state index in [2.05, 4.69) is 25.6 Å². The molecule has 4 rings (SSSR count). The number of aromatic nitrogens is 4. The number of nitrogens with zero attached hydrogens (tertiary/aromatic N) is 4. The van der Waals surface area contributed by atoms with Crippen LogP contribution in [0.1, 0.15) is 11.4 Å². The van der Waals surface area contributed by atoms with Crippen molar-refractivity contribution in [3.63, 3.8) is 0 Å². The zero-order chi connectivity index (χ0) is 11.2. The van der Waals surface area contributed by atoms with E-state index in [1.807, 2.05) is 24.4 Å². The van der Waals surface area contributed by atoms with Crippen LogP contribution in [0, 0.1) is 0 Å². The van der Waals surface area contributed by atoms with Crippen LogP contribution in [0.25, 0.3) is 16.9 Å². The molecule has 0 radical (unpaired) electrons. The third kappa shape index (κ3) is 1.15. The van der Waals surface area contributed by atoms with Crippen LogP contribution in [-0.2, 0) is 12.8 Å². The minimum Gasteiger partial charge on any atom is -0.280 e. The maximum Gasteiger partial charge on any atom is 0.145 e. The number of rotatable bonds is 0. The fourth-order valence-corrected chi connectivity index (χ4v) is 2.46. The zero-order valence-corrected chi connectivity index (χ0v) is 9.17. The van der Waals surface area contributed by atoms with Crippen LogP contribution in [0.5, 0.6) is 0 Å². The quantitative estimate of drug-likeness (QED) is 0.583. The molecule has 3 heterocycles. The molecule has 17 heavy (non-hydrogen) atoms. The summed E-state index contributed by atoms with van der Waals surface area (Å²) < 4.78 is 2.15. The first-order valence-electron chi connectivity index (χ1n) is 5.69. The van der Waals surface area contributed by atoms with Crippen LogP contribution >= 0.6 is 0 Å². The van der Waals surface area contributed by atoms with E-state index in [1.165, 1.54) is 5.56 Å². The first-order chi connectivity index (χ1) is 8.43. The van der Waals surface area contributed by atoms with E-state index in [0.717, 1.165) is 35.5 Å². The number of fused-ring (bicyclic) bond motifs is 5. The van der Waals surface area contributed by atoms with E-state index in [0.29, 0.717) is 0 Å². The molecule has 2 aromatic heterocycles. The summed E-state index contributed by atoms with van der Waals surface area (Å²) in [6.45, 7) is 0. The number of imidazole rings is 1. The number of hydrogen-bond donors (Lipinski definition) is 0. The Morgan fingerprint density at radius 2 is 2.06 bits per heavy atom. The third-order valence-electron chi connectivity index (χ3n) is 3.22. The lowest BCUT2D eigenvalue weighted by Gasteiger charge is -2.16. The first-order valence-corrected chi connectivity index (χ1v) is 5.69. The Morgan fingerprint density at radius 3 is 3.06 bits per heavy atom. The normalized spacial score (nSPS) is 13.4. The van der Waals surface area contributed by atoms with Crippen molar-refractivity contribution in [1.29, 1.82) is 0 Å². The van der Waals surface area contributed by atoms with Crippen molar-refractivity contribution in [2.75, 3.05) is 0 Å². The molecule has 0 amide bonds. The van der Waals surface area contributed by atoms with Gasteiger partial charge >= 0.3 is 0 Å². The lowest BCUT2D eigenvalue weighted by molar-refractivity contribution is 0.760. The minimum atomic E-state index is 0.953. The molecule has 0 saturated carbocycles. The van der Waals surface area contributed by atoms with E-state index in [9.17, 15) is 0 Å². The van der Waals surface area contributed by atoms with Gasteiger partial charge in [0.15, 0.2) is 0 Å². The molecule has 0 saturated heterocycles. The molecular weight excluding hydrogens is 212 g/mol. The molecule has 0 aliphatic carbocycles. The average Bonchev–Trinajstić information content (AvgIpc) is 2.77. The summed E-state index contributed by atoms with van der Waals surface area (Å²) in [7, 11) is 0. The van der Waals surface area contributed by atoms with Crippen molar-refractivity contribution >= 4 is 11.0 Å². The monoisotopic (exact) mass is 222 g/mol. The number of para-hydroxylation sites is 2. The predicted octanol–water partition coefficient (Wildman–Crippen LogP) is 1.91. The second-order valence-electron chi connectivity index (χ2n) is 4.22. The summed E-state index contributed by atoms with van der Waals surface area (Å²) in [4.78, 5) is 13.1. The SMILES string of the molecule is c1ccc2c(c1)nc1n2-c2ncncc2CC1. The van der Waals surface area contributed by atoms with Crippen molar-refractivity contribution in [3.05, 3.63) is 48.2 Å². The molecule has 0 fully saturated rings. The highest BCUT2D eigenvalue weighted by atomic mass is 15.2. The Balaban J connectivity index is 2.14. The maximum atomic E-state index is 4.65. The van der Waals surface area contributed by atoms with Gasteiger partial charge in [0.05, 0.1) is 11.0 Å². The van der Waals surface area contributed by atoms with Crippen molar-refractivity contribution < 1.29 is 0 Å². The molecular formula is C13H10N4. The van der Waals surface area contributed by atoms with Crippen LogP contribution in [0.15, 0.2) is 36.8 Å². The molecule has 3 aromatic rings. The van der Waals surface area contributed by atoms with Crippen molar-refractivity contribution in [3.8, 4) is 5.82 Å². The fourth-order valence-electron chi connectivity index (χ4n) is 2.46. The first kappa shape index (κ1) is 8.87. The molecule has 0 unspecified atom stereocenters. The van der Waals surface area contributed by atoms with E-state index in [-0.39, 0.29) is 0 Å². The number of hydrogen-bond acceptors (Lipinski definition) is 3. The van der Waals surface area contributed by atoms with E-state index < -0.39 is 0 Å². The lowest BCUT2D eigenvalue weighted by atomic mass is 10.1. The van der Waals surface area contributed by atoms with Gasteiger partial charge in [-0.15, -0.1) is 0 Å². The van der Waals surface area contributed by atoms with E-state index >= 15 is 0 Å². The van der Waals surface area contributed by atoms with Gasteiger partial charge in [0.1, 0.15) is 18.0 Å². The molecule has 1 aromatic carbocycles. The molecule has 1 aliphatic heterocycles. The van der Waals surface area contributed by atoms with Crippen LogP contribution < -0.4 is 0 Å². The number of aryl methyl sites for hydroxylation is 2. The largest absolute Gasteiger partial charge is 0.280 e. The van der Waals surface area contributed by atoms with E-state index in [4.69, 9.17) is 0 Å². The Bertz CT molecular complexity index is 714. The molecule has 0 spiro atoms. The van der Waals surface area contributed by atoms with Gasteiger partial charge in [-0.05, 0) is 18.6 Å². The lowest BCUT2D eigenvalue weighted by Crippen LogP contribution is -2.14. The van der Waals surface area contributed by atoms with E-state index in [1.54, 1.807) is 6.33 Å². The molecule has 4 nitrogen and oxygen atoms in total. The molecule has 0 atom stereocenters. The summed E-state index contributed by atoms with van der Waals surface area (Å²) in [5.41, 5.74) is 3.36. The highest BCUT2D eigenvalue weighted by Gasteiger charge is 2.20. The summed E-state index contributed by atoms with van der Waals surface area (Å²) in [5, 5.41) is 0. The van der Waals surface area contributed by atoms with Crippen molar-refractivity contribution in [2.24, 2.45) is 0 Å². The van der Waals surface area contributed by atoms with Crippen LogP contribution in [0.4, 0.5) is 0 Å². The summed E-state index contributed by atoms with van der Waals surface area (Å²) in [6, 6.07) is 8.18. The number of benzene rings is 1. The van der Waals surface area contributed by atoms with Gasteiger partial charge in [0.25, 0.3) is 0 Å². The Kier molecular flexibility index (Phi) is 1.63. The average molecular weight is 222 g/mol. The molecule has 0 bridgehead atoms. The van der Waals surface area contributed by atoms with Gasteiger partial charge in [0, 0.05) is 18.2 Å². The van der Waals surface area contributed by atoms with Crippen molar-refractivity contribution in [2.45, 2.75) is 12.8 Å². The van der Waals surface area contributed by atoms with Crippen molar-refractivity contribution in [1.82, 2.24) is 19.5 Å². The maximum absolute atomic E-state index is 4.65. The van der Waals surface area contributed by atoms with Crippen LogP contribution in [0.3, 0.4) is 0 Å². The smallest absolute Gasteiger partial charge is 0.145 e. The van der Waals surface area contributed by atoms with Gasteiger partial charge < -0.3 is 0 Å². The van der Waals surface area contributed by atoms with Gasteiger partial charge in [-0.3, -0.25) is 4.57 Å². The molecule has 82 valence electrons. The van der Waals surface area contributed by atoms with Gasteiger partial charge in [-0.1, -0.05) is 12.1 Å². The summed E-state index contributed by atoms with van der Waals surface area (Å²) >= 11 is 0. The summed E-state index contributed by atoms with van der Waals surface area (Å²) in [6.07, 6.45) is 5.43. The Hall–Kier alpha value is -2.23. The minimum absolute atomic E-state index is 0.953. The highest BCUT2D eigenvalue weighted by molar-refractivity contribution is 5.78. The zero-order valence-electron chi connectivity index (χ0n) is 9.17. The fraction of sp³-hybridized carbons (Fsp3) is 0.154. The summed E-state index contributed by atoms with van der Waals surface area (Å²) in [5.74, 6) is 2.08. The second kappa shape index (κ2) is 3.13. The Labute approximate surface area is 98.0 Å². The van der Waals surface area contributed by atoms with Crippen LogP contribution in [-0.4, -0.2) is 19.5 Å². The Morgan fingerprint density at radius 1 is 1.12 bits per heavy atom. The predicted molar refractivity (Wildman–Crippen MR) is 64.1 cm³/mol. The van der Waals surface area contributed by atoms with Gasteiger partial charge in [0.2, 0.25) is 0 Å². The highest BCUT2D eigenvalue weighted by Crippen LogP contribution is 2.26. The van der Waals surface area contributed by atoms with Gasteiger partial charge in [-0.2, -0.15) is 0 Å². The second-order valence-corrected chi connectivity index (χ2v) is 4.22. The third-order valence-corrected chi connectivity index (χ3v) is 3.22. The topological polar surface area (TPSA) is 43.6 Å². The standard InChI is InChI=1S/C13H10N4/c1-2-4-11-10(3-1)16-12-6-5-9-7-14-8-15-13(9)17(11)12/h1-4,7-8H,5-6H2. The molecule has 4 heteroatoms. The van der Waals surface area contributed by atoms with Gasteiger partial charge in [-0.25, -0.2) is 15.0 Å². The molecule has 1 aliphatic rings. The molecule has 0 N–H and O–H groups in total. The van der Waals surface area contributed by atoms with Crippen LogP contribution in [0.2, 0.25) is 0 Å².